The molecule has 0 saturated carbocycles. The lowest BCUT2D eigenvalue weighted by Gasteiger charge is -2.25. The van der Waals surface area contributed by atoms with E-state index in [0.29, 0.717) is 17.3 Å². The zero-order chi connectivity index (χ0) is 14.7. The molecule has 1 saturated heterocycles. The third-order valence-corrected chi connectivity index (χ3v) is 3.21. The summed E-state index contributed by atoms with van der Waals surface area (Å²) in [6.45, 7) is 0.618. The number of halogens is 2. The van der Waals surface area contributed by atoms with E-state index in [0.717, 1.165) is 26.2 Å². The summed E-state index contributed by atoms with van der Waals surface area (Å²) in [5.74, 6) is 1.25. The lowest BCUT2D eigenvalue weighted by molar-refractivity contribution is -0.0498. The van der Waals surface area contributed by atoms with E-state index in [1.807, 2.05) is 0 Å². The van der Waals surface area contributed by atoms with E-state index >= 15 is 0 Å². The standard InChI is InChI=1S/C13H15F2N5O/c14-12(15)21-10-3-1-2-9(8-10)11-17-13(19-18-11)20-6-4-16-5-7-20/h1-3,8,12,16H,4-7H2,(H,17,18,19). The summed E-state index contributed by atoms with van der Waals surface area (Å²) in [4.78, 5) is 6.48. The van der Waals surface area contributed by atoms with E-state index < -0.39 is 6.61 Å². The van der Waals surface area contributed by atoms with Gasteiger partial charge in [-0.05, 0) is 12.1 Å². The second kappa shape index (κ2) is 6.04. The number of hydrogen-bond acceptors (Lipinski definition) is 5. The molecular formula is C13H15F2N5O. The lowest BCUT2D eigenvalue weighted by atomic mass is 10.2. The Bertz CT molecular complexity index is 598. The third-order valence-electron chi connectivity index (χ3n) is 3.21. The van der Waals surface area contributed by atoms with Gasteiger partial charge in [-0.1, -0.05) is 12.1 Å². The van der Waals surface area contributed by atoms with E-state index in [9.17, 15) is 8.78 Å². The Morgan fingerprint density at radius 1 is 1.24 bits per heavy atom. The molecule has 0 bridgehead atoms. The van der Waals surface area contributed by atoms with Gasteiger partial charge in [0.25, 0.3) is 0 Å². The van der Waals surface area contributed by atoms with Gasteiger partial charge in [0, 0.05) is 31.7 Å². The van der Waals surface area contributed by atoms with Crippen molar-refractivity contribution in [1.29, 1.82) is 0 Å². The number of nitrogens with one attached hydrogen (secondary N) is 2. The average molecular weight is 295 g/mol. The molecule has 0 spiro atoms. The summed E-state index contributed by atoms with van der Waals surface area (Å²) in [7, 11) is 0. The van der Waals surface area contributed by atoms with E-state index in [-0.39, 0.29) is 5.75 Å². The van der Waals surface area contributed by atoms with Gasteiger partial charge in [0.15, 0.2) is 5.82 Å². The number of aromatic nitrogens is 3. The number of nitrogens with zero attached hydrogens (tertiary/aromatic N) is 3. The highest BCUT2D eigenvalue weighted by Gasteiger charge is 2.16. The third kappa shape index (κ3) is 3.27. The van der Waals surface area contributed by atoms with Crippen LogP contribution in [0.25, 0.3) is 11.4 Å². The molecule has 0 unspecified atom stereocenters. The molecule has 21 heavy (non-hydrogen) atoms. The molecule has 0 amide bonds. The number of piperazine rings is 1. The van der Waals surface area contributed by atoms with Crippen molar-refractivity contribution in [2.45, 2.75) is 6.61 Å². The Morgan fingerprint density at radius 3 is 2.81 bits per heavy atom. The van der Waals surface area contributed by atoms with Crippen LogP contribution in [0.4, 0.5) is 14.7 Å². The van der Waals surface area contributed by atoms with Gasteiger partial charge in [-0.2, -0.15) is 13.8 Å². The summed E-state index contributed by atoms with van der Waals surface area (Å²) in [6, 6.07) is 6.39. The van der Waals surface area contributed by atoms with Crippen LogP contribution in [-0.4, -0.2) is 48.0 Å². The van der Waals surface area contributed by atoms with E-state index in [1.54, 1.807) is 12.1 Å². The number of H-pyrrole nitrogens is 1. The van der Waals surface area contributed by atoms with Crippen molar-refractivity contribution in [2.75, 3.05) is 31.1 Å². The predicted octanol–water partition coefficient (Wildman–Crippen LogP) is 1.48. The first-order chi connectivity index (χ1) is 10.2. The van der Waals surface area contributed by atoms with Crippen molar-refractivity contribution in [3.8, 4) is 17.1 Å². The van der Waals surface area contributed by atoms with Crippen molar-refractivity contribution in [3.63, 3.8) is 0 Å². The van der Waals surface area contributed by atoms with Crippen LogP contribution >= 0.6 is 0 Å². The predicted molar refractivity (Wildman–Crippen MR) is 73.5 cm³/mol. The van der Waals surface area contributed by atoms with Crippen LogP contribution in [0.5, 0.6) is 5.75 Å². The summed E-state index contributed by atoms with van der Waals surface area (Å²) in [5, 5.41) is 10.3. The minimum absolute atomic E-state index is 0.0997. The molecule has 3 rings (SSSR count). The first-order valence-corrected chi connectivity index (χ1v) is 6.66. The highest BCUT2D eigenvalue weighted by atomic mass is 19.3. The first-order valence-electron chi connectivity index (χ1n) is 6.66. The first kappa shape index (κ1) is 13.7. The number of alkyl halides is 2. The van der Waals surface area contributed by atoms with Crippen LogP contribution in [0.3, 0.4) is 0 Å². The van der Waals surface area contributed by atoms with Gasteiger partial charge in [0.1, 0.15) is 5.75 Å². The number of benzene rings is 1. The van der Waals surface area contributed by atoms with Crippen LogP contribution in [0.2, 0.25) is 0 Å². The van der Waals surface area contributed by atoms with Crippen LogP contribution in [-0.2, 0) is 0 Å². The summed E-state index contributed by atoms with van der Waals surface area (Å²) in [5.41, 5.74) is 0.655. The molecule has 2 N–H and O–H groups in total. The maximum absolute atomic E-state index is 12.2. The normalized spacial score (nSPS) is 15.5. The van der Waals surface area contributed by atoms with Crippen LogP contribution in [0, 0.1) is 0 Å². The van der Waals surface area contributed by atoms with Gasteiger partial charge >= 0.3 is 6.61 Å². The topological polar surface area (TPSA) is 66.1 Å². The zero-order valence-corrected chi connectivity index (χ0v) is 11.2. The molecule has 0 radical (unpaired) electrons. The van der Waals surface area contributed by atoms with E-state index in [4.69, 9.17) is 0 Å². The van der Waals surface area contributed by atoms with Crippen LogP contribution < -0.4 is 15.0 Å². The smallest absolute Gasteiger partial charge is 0.387 e. The number of anilines is 1. The SMILES string of the molecule is FC(F)Oc1cccc(-c2nc(N3CCNCC3)n[nH]2)c1. The molecule has 1 aliphatic heterocycles. The average Bonchev–Trinajstić information content (AvgIpc) is 2.98. The molecule has 1 aromatic heterocycles. The summed E-state index contributed by atoms with van der Waals surface area (Å²) >= 11 is 0. The van der Waals surface area contributed by atoms with Crippen LogP contribution in [0.15, 0.2) is 24.3 Å². The van der Waals surface area contributed by atoms with Gasteiger partial charge in [0.05, 0.1) is 0 Å². The summed E-state index contributed by atoms with van der Waals surface area (Å²) in [6.07, 6.45) is 0. The minimum Gasteiger partial charge on any atom is -0.435 e. The molecule has 8 heteroatoms. The largest absolute Gasteiger partial charge is 0.435 e. The van der Waals surface area contributed by atoms with Crippen LogP contribution in [0.1, 0.15) is 0 Å². The molecular weight excluding hydrogens is 280 g/mol. The number of rotatable bonds is 4. The van der Waals surface area contributed by atoms with Crippen molar-refractivity contribution >= 4 is 5.95 Å². The van der Waals surface area contributed by atoms with Crippen molar-refractivity contribution in [3.05, 3.63) is 24.3 Å². The molecule has 0 aliphatic carbocycles. The highest BCUT2D eigenvalue weighted by Crippen LogP contribution is 2.23. The number of hydrogen-bond donors (Lipinski definition) is 2. The summed E-state index contributed by atoms with van der Waals surface area (Å²) < 4.78 is 28.8. The lowest BCUT2D eigenvalue weighted by Crippen LogP contribution is -2.44. The van der Waals surface area contributed by atoms with Crippen molar-refractivity contribution in [1.82, 2.24) is 20.5 Å². The Hall–Kier alpha value is -2.22. The highest BCUT2D eigenvalue weighted by molar-refractivity contribution is 5.58. The Morgan fingerprint density at radius 2 is 2.05 bits per heavy atom. The fourth-order valence-corrected chi connectivity index (χ4v) is 2.21. The van der Waals surface area contributed by atoms with E-state index in [2.05, 4.69) is 30.1 Å². The maximum Gasteiger partial charge on any atom is 0.387 e. The Balaban J connectivity index is 1.79. The van der Waals surface area contributed by atoms with E-state index in [1.165, 1.54) is 12.1 Å². The molecule has 1 fully saturated rings. The van der Waals surface area contributed by atoms with Gasteiger partial charge in [-0.25, -0.2) is 0 Å². The molecule has 1 aromatic carbocycles. The van der Waals surface area contributed by atoms with Gasteiger partial charge < -0.3 is 15.0 Å². The molecule has 2 heterocycles. The maximum atomic E-state index is 12.2. The molecule has 6 nitrogen and oxygen atoms in total. The second-order valence-electron chi connectivity index (χ2n) is 4.63. The zero-order valence-electron chi connectivity index (χ0n) is 11.2. The number of aromatic amines is 1. The van der Waals surface area contributed by atoms with Gasteiger partial charge in [-0.3, -0.25) is 5.10 Å². The van der Waals surface area contributed by atoms with Gasteiger partial charge in [0.2, 0.25) is 5.95 Å². The van der Waals surface area contributed by atoms with Gasteiger partial charge in [-0.15, -0.1) is 5.10 Å². The fourth-order valence-electron chi connectivity index (χ4n) is 2.21. The fraction of sp³-hybridized carbons (Fsp3) is 0.385. The second-order valence-corrected chi connectivity index (χ2v) is 4.63. The minimum atomic E-state index is -2.84. The number of ether oxygens (including phenoxy) is 1. The van der Waals surface area contributed by atoms with Crippen molar-refractivity contribution in [2.24, 2.45) is 0 Å². The monoisotopic (exact) mass is 295 g/mol. The Kier molecular flexibility index (Phi) is 3.96. The quantitative estimate of drug-likeness (QED) is 0.894. The molecule has 1 aliphatic rings. The molecule has 0 atom stereocenters. The molecule has 112 valence electrons. The molecule has 2 aromatic rings. The Labute approximate surface area is 120 Å². The van der Waals surface area contributed by atoms with Crippen molar-refractivity contribution < 1.29 is 13.5 Å².